The van der Waals surface area contributed by atoms with E-state index in [1.165, 1.54) is 28.0 Å². The number of aromatic nitrogens is 1. The summed E-state index contributed by atoms with van der Waals surface area (Å²) in [5.41, 5.74) is 8.87. The standard InChI is InChI=1S/C32H27N3OS/c1-19(2)22-11-13-23(14-12-22)28-18-37-32(27(28)17-33)35-31(36)26-16-30(24-10-9-20(3)21(4)15-24)34-29-8-6-5-7-25(26)29/h5-16,18-19H,1-4H3,(H,35,36). The largest absolute Gasteiger partial charge is 0.312 e. The highest BCUT2D eigenvalue weighted by Gasteiger charge is 2.19. The molecule has 0 saturated heterocycles. The highest BCUT2D eigenvalue weighted by molar-refractivity contribution is 7.15. The topological polar surface area (TPSA) is 65.8 Å². The summed E-state index contributed by atoms with van der Waals surface area (Å²) in [6.45, 7) is 8.46. The molecule has 1 amide bonds. The molecule has 0 bridgehead atoms. The Labute approximate surface area is 221 Å². The molecule has 0 unspecified atom stereocenters. The number of hydrogen-bond acceptors (Lipinski definition) is 4. The van der Waals surface area contributed by atoms with E-state index in [4.69, 9.17) is 4.98 Å². The van der Waals surface area contributed by atoms with Gasteiger partial charge in [0.1, 0.15) is 11.1 Å². The average Bonchev–Trinajstić information content (AvgIpc) is 3.31. The SMILES string of the molecule is Cc1ccc(-c2cc(C(=O)Nc3scc(-c4ccc(C(C)C)cc4)c3C#N)c3ccccc3n2)cc1C. The summed E-state index contributed by atoms with van der Waals surface area (Å²) < 4.78 is 0. The first-order valence-electron chi connectivity index (χ1n) is 12.3. The second-order valence-corrected chi connectivity index (χ2v) is 10.4. The maximum Gasteiger partial charge on any atom is 0.257 e. The monoisotopic (exact) mass is 501 g/mol. The van der Waals surface area contributed by atoms with Gasteiger partial charge in [-0.3, -0.25) is 4.79 Å². The number of anilines is 1. The van der Waals surface area contributed by atoms with E-state index in [0.29, 0.717) is 22.0 Å². The summed E-state index contributed by atoms with van der Waals surface area (Å²) in [5, 5.41) is 16.3. The third-order valence-corrected chi connectivity index (χ3v) is 7.68. The third kappa shape index (κ3) is 4.76. The van der Waals surface area contributed by atoms with Crippen molar-refractivity contribution in [3.8, 4) is 28.5 Å². The molecule has 4 nitrogen and oxygen atoms in total. The molecule has 0 saturated carbocycles. The Morgan fingerprint density at radius 1 is 0.946 bits per heavy atom. The predicted molar refractivity (Wildman–Crippen MR) is 153 cm³/mol. The van der Waals surface area contributed by atoms with Crippen molar-refractivity contribution in [3.05, 3.63) is 106 Å². The maximum absolute atomic E-state index is 13.6. The van der Waals surface area contributed by atoms with E-state index in [1.54, 1.807) is 0 Å². The number of nitriles is 1. The number of pyridine rings is 1. The van der Waals surface area contributed by atoms with Crippen LogP contribution in [0.3, 0.4) is 0 Å². The first-order chi connectivity index (χ1) is 17.9. The Morgan fingerprint density at radius 2 is 1.68 bits per heavy atom. The zero-order valence-corrected chi connectivity index (χ0v) is 22.1. The van der Waals surface area contributed by atoms with Crippen LogP contribution in [0.1, 0.15) is 52.4 Å². The van der Waals surface area contributed by atoms with Gasteiger partial charge in [-0.25, -0.2) is 4.98 Å². The minimum atomic E-state index is -0.260. The van der Waals surface area contributed by atoms with Crippen LogP contribution in [-0.4, -0.2) is 10.9 Å². The number of rotatable bonds is 5. The number of hydrogen-bond donors (Lipinski definition) is 1. The highest BCUT2D eigenvalue weighted by atomic mass is 32.1. The second kappa shape index (κ2) is 10.0. The second-order valence-electron chi connectivity index (χ2n) is 9.57. The molecule has 0 fully saturated rings. The van der Waals surface area contributed by atoms with E-state index in [1.807, 2.05) is 53.9 Å². The van der Waals surface area contributed by atoms with Crippen molar-refractivity contribution in [1.29, 1.82) is 5.26 Å². The first-order valence-corrected chi connectivity index (χ1v) is 13.1. The van der Waals surface area contributed by atoms with Crippen molar-refractivity contribution >= 4 is 33.1 Å². The summed E-state index contributed by atoms with van der Waals surface area (Å²) in [7, 11) is 0. The van der Waals surface area contributed by atoms with E-state index in [9.17, 15) is 10.1 Å². The lowest BCUT2D eigenvalue weighted by molar-refractivity contribution is 0.102. The molecule has 0 atom stereocenters. The van der Waals surface area contributed by atoms with Crippen LogP contribution in [0.15, 0.2) is 78.2 Å². The molecule has 37 heavy (non-hydrogen) atoms. The molecule has 5 heteroatoms. The molecule has 0 aliphatic carbocycles. The number of para-hydroxylation sites is 1. The summed E-state index contributed by atoms with van der Waals surface area (Å²) >= 11 is 1.37. The lowest BCUT2D eigenvalue weighted by Gasteiger charge is -2.11. The fourth-order valence-electron chi connectivity index (χ4n) is 4.40. The zero-order chi connectivity index (χ0) is 26.1. The Bertz CT molecular complexity index is 1670. The fraction of sp³-hybridized carbons (Fsp3) is 0.156. The van der Waals surface area contributed by atoms with Crippen LogP contribution in [0.25, 0.3) is 33.3 Å². The van der Waals surface area contributed by atoms with Crippen molar-refractivity contribution in [3.63, 3.8) is 0 Å². The zero-order valence-electron chi connectivity index (χ0n) is 21.3. The van der Waals surface area contributed by atoms with Crippen molar-refractivity contribution < 1.29 is 4.79 Å². The Morgan fingerprint density at radius 3 is 2.38 bits per heavy atom. The number of aryl methyl sites for hydroxylation is 2. The Kier molecular flexibility index (Phi) is 6.60. The fourth-order valence-corrected chi connectivity index (χ4v) is 5.32. The van der Waals surface area contributed by atoms with Crippen LogP contribution < -0.4 is 5.32 Å². The number of fused-ring (bicyclic) bond motifs is 1. The quantitative estimate of drug-likeness (QED) is 0.262. The minimum absolute atomic E-state index is 0.260. The van der Waals surface area contributed by atoms with Crippen LogP contribution in [0.5, 0.6) is 0 Å². The molecule has 0 spiro atoms. The van der Waals surface area contributed by atoms with E-state index >= 15 is 0 Å². The van der Waals surface area contributed by atoms with Crippen LogP contribution in [0.4, 0.5) is 5.00 Å². The predicted octanol–water partition coefficient (Wildman–Crippen LogP) is 8.49. The van der Waals surface area contributed by atoms with Crippen LogP contribution >= 0.6 is 11.3 Å². The minimum Gasteiger partial charge on any atom is -0.312 e. The van der Waals surface area contributed by atoms with Gasteiger partial charge in [0.25, 0.3) is 5.91 Å². The van der Waals surface area contributed by atoms with Gasteiger partial charge in [0.15, 0.2) is 0 Å². The van der Waals surface area contributed by atoms with Crippen molar-refractivity contribution in [2.45, 2.75) is 33.6 Å². The van der Waals surface area contributed by atoms with Gasteiger partial charge in [-0.1, -0.05) is 68.4 Å². The number of thiophene rings is 1. The van der Waals surface area contributed by atoms with Gasteiger partial charge in [0, 0.05) is 21.9 Å². The number of carbonyl (C=O) groups excluding carboxylic acids is 1. The summed E-state index contributed by atoms with van der Waals surface area (Å²) in [6.07, 6.45) is 0. The number of carbonyl (C=O) groups is 1. The molecule has 3 aromatic carbocycles. The molecule has 5 aromatic rings. The normalized spacial score (nSPS) is 11.0. The van der Waals surface area contributed by atoms with Gasteiger partial charge in [0.2, 0.25) is 0 Å². The van der Waals surface area contributed by atoms with Crippen LogP contribution in [0, 0.1) is 25.2 Å². The summed E-state index contributed by atoms with van der Waals surface area (Å²) in [6, 6.07) is 26.3. The summed E-state index contributed by atoms with van der Waals surface area (Å²) in [5.74, 6) is 0.175. The van der Waals surface area contributed by atoms with Crippen molar-refractivity contribution in [2.24, 2.45) is 0 Å². The molecule has 5 rings (SSSR count). The third-order valence-electron chi connectivity index (χ3n) is 6.78. The van der Waals surface area contributed by atoms with E-state index in [-0.39, 0.29) is 5.91 Å². The van der Waals surface area contributed by atoms with Crippen LogP contribution in [-0.2, 0) is 0 Å². The molecule has 0 radical (unpaired) electrons. The van der Waals surface area contributed by atoms with Gasteiger partial charge in [-0.15, -0.1) is 11.3 Å². The first kappa shape index (κ1) is 24.4. The average molecular weight is 502 g/mol. The number of amides is 1. The van der Waals surface area contributed by atoms with Gasteiger partial charge < -0.3 is 5.32 Å². The van der Waals surface area contributed by atoms with Gasteiger partial charge in [0.05, 0.1) is 22.3 Å². The molecule has 0 aliphatic rings. The Balaban J connectivity index is 1.53. The number of nitrogens with zero attached hydrogens (tertiary/aromatic N) is 2. The highest BCUT2D eigenvalue weighted by Crippen LogP contribution is 2.36. The van der Waals surface area contributed by atoms with Gasteiger partial charge >= 0.3 is 0 Å². The maximum atomic E-state index is 13.6. The molecule has 2 heterocycles. The lowest BCUT2D eigenvalue weighted by Crippen LogP contribution is -2.13. The lowest BCUT2D eigenvalue weighted by atomic mass is 9.98. The van der Waals surface area contributed by atoms with Crippen molar-refractivity contribution in [1.82, 2.24) is 4.98 Å². The summed E-state index contributed by atoms with van der Waals surface area (Å²) in [4.78, 5) is 18.5. The van der Waals surface area contributed by atoms with Crippen LogP contribution in [0.2, 0.25) is 0 Å². The molecular weight excluding hydrogens is 474 g/mol. The van der Waals surface area contributed by atoms with E-state index in [0.717, 1.165) is 33.3 Å². The van der Waals surface area contributed by atoms with Gasteiger partial charge in [-0.05, 0) is 60.2 Å². The Hall–Kier alpha value is -4.27. The smallest absolute Gasteiger partial charge is 0.257 e. The molecular formula is C32H27N3OS. The van der Waals surface area contributed by atoms with E-state index < -0.39 is 0 Å². The molecule has 0 aliphatic heterocycles. The van der Waals surface area contributed by atoms with Crippen molar-refractivity contribution in [2.75, 3.05) is 5.32 Å². The molecule has 1 N–H and O–H groups in total. The number of benzene rings is 3. The van der Waals surface area contributed by atoms with Gasteiger partial charge in [-0.2, -0.15) is 5.26 Å². The molecule has 2 aromatic heterocycles. The number of nitrogens with one attached hydrogen (secondary N) is 1. The van der Waals surface area contributed by atoms with E-state index in [2.05, 4.69) is 63.3 Å². The molecule has 182 valence electrons.